The van der Waals surface area contributed by atoms with Gasteiger partial charge in [0.15, 0.2) is 0 Å². The summed E-state index contributed by atoms with van der Waals surface area (Å²) in [5.41, 5.74) is -0.275. The normalized spacial score (nSPS) is 18.6. The Labute approximate surface area is 80.4 Å². The molecule has 0 aliphatic carbocycles. The highest BCUT2D eigenvalue weighted by molar-refractivity contribution is 5.87. The highest BCUT2D eigenvalue weighted by Crippen LogP contribution is 2.22. The topological polar surface area (TPSA) is 82.5 Å². The number of carbonyl (C=O) groups is 1. The number of hydrogen-bond acceptors (Lipinski definition) is 4. The van der Waals surface area contributed by atoms with Gasteiger partial charge in [0, 0.05) is 19.3 Å². The van der Waals surface area contributed by atoms with E-state index in [1.807, 2.05) is 0 Å². The Balaban J connectivity index is 2.25. The van der Waals surface area contributed by atoms with Crippen molar-refractivity contribution in [2.24, 2.45) is 0 Å². The fourth-order valence-electron chi connectivity index (χ4n) is 1.34. The van der Waals surface area contributed by atoms with E-state index in [0.29, 0.717) is 18.8 Å². The molecule has 0 amide bonds. The number of carboxylic acid groups (broad SMARTS) is 1. The molecule has 0 atom stereocenters. The number of β-amino-alcohol motifs (C(OH)–C–C–N with tert-alkyl or cyclic N) is 1. The van der Waals surface area contributed by atoms with Crippen LogP contribution in [0, 0.1) is 0 Å². The van der Waals surface area contributed by atoms with E-state index < -0.39 is 11.6 Å². The van der Waals surface area contributed by atoms with Crippen molar-refractivity contribution in [1.29, 1.82) is 0 Å². The highest BCUT2D eigenvalue weighted by atomic mass is 16.4. The third-order valence-electron chi connectivity index (χ3n) is 2.32. The Morgan fingerprint density at radius 3 is 2.57 bits per heavy atom. The zero-order chi connectivity index (χ0) is 10.2. The summed E-state index contributed by atoms with van der Waals surface area (Å²) < 4.78 is 0. The molecule has 0 radical (unpaired) electrons. The Kier molecular flexibility index (Phi) is 1.98. The largest absolute Gasteiger partial charge is 0.478 e. The molecule has 2 heterocycles. The van der Waals surface area contributed by atoms with Crippen LogP contribution >= 0.6 is 0 Å². The van der Waals surface area contributed by atoms with Gasteiger partial charge in [0.25, 0.3) is 0 Å². The molecular weight excluding hydrogens is 184 g/mol. The van der Waals surface area contributed by atoms with Crippen molar-refractivity contribution in [2.75, 3.05) is 13.1 Å². The molecule has 1 aliphatic heterocycles. The second-order valence-electron chi connectivity index (χ2n) is 3.37. The van der Waals surface area contributed by atoms with E-state index in [1.165, 1.54) is 12.3 Å². The first kappa shape index (κ1) is 9.11. The Bertz CT molecular complexity index is 357. The highest BCUT2D eigenvalue weighted by Gasteiger charge is 2.37. The molecule has 1 aromatic rings. The molecule has 0 bridgehead atoms. The van der Waals surface area contributed by atoms with Crippen LogP contribution in [0.1, 0.15) is 16.1 Å². The maximum Gasteiger partial charge on any atom is 0.337 e. The summed E-state index contributed by atoms with van der Waals surface area (Å²) in [7, 11) is 0. The molecule has 74 valence electrons. The van der Waals surface area contributed by atoms with Crippen molar-refractivity contribution < 1.29 is 15.0 Å². The lowest BCUT2D eigenvalue weighted by molar-refractivity contribution is -0.0186. The Hall–Kier alpha value is -1.46. The third kappa shape index (κ3) is 1.36. The average Bonchev–Trinajstić information content (AvgIpc) is 2.14. The van der Waals surface area contributed by atoms with Gasteiger partial charge in [-0.1, -0.05) is 0 Å². The number of carboxylic acids is 1. The molecule has 0 aromatic carbocycles. The van der Waals surface area contributed by atoms with Crippen LogP contribution in [-0.2, 0) is 5.60 Å². The van der Waals surface area contributed by atoms with Gasteiger partial charge in [0.05, 0.1) is 11.3 Å². The van der Waals surface area contributed by atoms with E-state index in [-0.39, 0.29) is 5.56 Å². The quantitative estimate of drug-likeness (QED) is 0.595. The maximum absolute atomic E-state index is 10.5. The SMILES string of the molecule is O=C(O)c1ccc(C2(O)CNC2)nc1. The van der Waals surface area contributed by atoms with Gasteiger partial charge in [-0.2, -0.15) is 0 Å². The fourth-order valence-corrected chi connectivity index (χ4v) is 1.34. The second-order valence-corrected chi connectivity index (χ2v) is 3.37. The zero-order valence-electron chi connectivity index (χ0n) is 7.40. The minimum Gasteiger partial charge on any atom is -0.478 e. The standard InChI is InChI=1S/C9H10N2O3/c12-8(13)6-1-2-7(11-3-6)9(14)4-10-5-9/h1-3,10,14H,4-5H2,(H,12,13). The van der Waals surface area contributed by atoms with Gasteiger partial charge >= 0.3 is 5.97 Å². The van der Waals surface area contributed by atoms with Gasteiger partial charge in [-0.3, -0.25) is 4.98 Å². The van der Waals surface area contributed by atoms with Crippen LogP contribution in [0.3, 0.4) is 0 Å². The number of rotatable bonds is 2. The van der Waals surface area contributed by atoms with Crippen molar-refractivity contribution in [3.63, 3.8) is 0 Å². The average molecular weight is 194 g/mol. The number of nitrogens with one attached hydrogen (secondary N) is 1. The van der Waals surface area contributed by atoms with Gasteiger partial charge in [-0.15, -0.1) is 0 Å². The van der Waals surface area contributed by atoms with Crippen LogP contribution < -0.4 is 5.32 Å². The van der Waals surface area contributed by atoms with Crippen LogP contribution in [0.4, 0.5) is 0 Å². The fraction of sp³-hybridized carbons (Fsp3) is 0.333. The molecule has 1 saturated heterocycles. The second kappa shape index (κ2) is 3.04. The van der Waals surface area contributed by atoms with E-state index in [1.54, 1.807) is 6.07 Å². The molecule has 1 aromatic heterocycles. The third-order valence-corrected chi connectivity index (χ3v) is 2.32. The summed E-state index contributed by atoms with van der Waals surface area (Å²) in [4.78, 5) is 14.5. The lowest BCUT2D eigenvalue weighted by Crippen LogP contribution is -2.57. The van der Waals surface area contributed by atoms with Gasteiger partial charge in [0.1, 0.15) is 5.60 Å². The van der Waals surface area contributed by atoms with Crippen molar-refractivity contribution >= 4 is 5.97 Å². The number of aromatic nitrogens is 1. The number of pyridine rings is 1. The summed E-state index contributed by atoms with van der Waals surface area (Å²) in [6, 6.07) is 2.99. The van der Waals surface area contributed by atoms with Crippen LogP contribution in [0.5, 0.6) is 0 Å². The molecule has 3 N–H and O–H groups in total. The van der Waals surface area contributed by atoms with Gasteiger partial charge in [-0.25, -0.2) is 4.79 Å². The minimum absolute atomic E-state index is 0.129. The Morgan fingerprint density at radius 1 is 1.50 bits per heavy atom. The van der Waals surface area contributed by atoms with Crippen LogP contribution in [-0.4, -0.2) is 34.3 Å². The molecule has 1 fully saturated rings. The maximum atomic E-state index is 10.5. The first-order valence-electron chi connectivity index (χ1n) is 4.25. The summed E-state index contributed by atoms with van der Waals surface area (Å²) in [5, 5.41) is 21.4. The van der Waals surface area contributed by atoms with Crippen LogP contribution in [0.15, 0.2) is 18.3 Å². The first-order valence-corrected chi connectivity index (χ1v) is 4.25. The van der Waals surface area contributed by atoms with Gasteiger partial charge in [-0.05, 0) is 12.1 Å². The number of hydrogen-bond donors (Lipinski definition) is 3. The van der Waals surface area contributed by atoms with Crippen molar-refractivity contribution in [3.05, 3.63) is 29.6 Å². The smallest absolute Gasteiger partial charge is 0.337 e. The van der Waals surface area contributed by atoms with Gasteiger partial charge < -0.3 is 15.5 Å². The molecule has 5 heteroatoms. The molecule has 2 rings (SSSR count). The van der Waals surface area contributed by atoms with E-state index in [4.69, 9.17) is 5.11 Å². The monoisotopic (exact) mass is 194 g/mol. The van der Waals surface area contributed by atoms with Crippen molar-refractivity contribution in [1.82, 2.24) is 10.3 Å². The molecule has 14 heavy (non-hydrogen) atoms. The molecule has 0 saturated carbocycles. The van der Waals surface area contributed by atoms with Crippen molar-refractivity contribution in [3.8, 4) is 0 Å². The van der Waals surface area contributed by atoms with Gasteiger partial charge in [0.2, 0.25) is 0 Å². The van der Waals surface area contributed by atoms with Crippen LogP contribution in [0.25, 0.3) is 0 Å². The van der Waals surface area contributed by atoms with Crippen molar-refractivity contribution in [2.45, 2.75) is 5.60 Å². The lowest BCUT2D eigenvalue weighted by Gasteiger charge is -2.36. The predicted molar refractivity (Wildman–Crippen MR) is 48.0 cm³/mol. The van der Waals surface area contributed by atoms with E-state index >= 15 is 0 Å². The zero-order valence-corrected chi connectivity index (χ0v) is 7.40. The Morgan fingerprint density at radius 2 is 2.21 bits per heavy atom. The molecule has 0 unspecified atom stereocenters. The summed E-state index contributed by atoms with van der Waals surface area (Å²) in [6.45, 7) is 0.929. The predicted octanol–water partition coefficient (Wildman–Crippen LogP) is -0.429. The molecule has 1 aliphatic rings. The lowest BCUT2D eigenvalue weighted by atomic mass is 9.92. The number of aliphatic hydroxyl groups is 1. The van der Waals surface area contributed by atoms with E-state index in [9.17, 15) is 9.90 Å². The number of nitrogens with zero attached hydrogens (tertiary/aromatic N) is 1. The van der Waals surface area contributed by atoms with E-state index in [0.717, 1.165) is 0 Å². The van der Waals surface area contributed by atoms with Crippen LogP contribution in [0.2, 0.25) is 0 Å². The molecule has 0 spiro atoms. The minimum atomic E-state index is -1.01. The summed E-state index contributed by atoms with van der Waals surface area (Å²) >= 11 is 0. The molecule has 5 nitrogen and oxygen atoms in total. The number of aromatic carboxylic acids is 1. The molecular formula is C9H10N2O3. The summed E-state index contributed by atoms with van der Waals surface area (Å²) in [5.74, 6) is -1.01. The first-order chi connectivity index (χ1) is 6.62. The van der Waals surface area contributed by atoms with E-state index in [2.05, 4.69) is 10.3 Å². The summed E-state index contributed by atoms with van der Waals surface area (Å²) in [6.07, 6.45) is 1.26.